The normalized spacial score (nSPS) is 15.5. The lowest BCUT2D eigenvalue weighted by Crippen LogP contribution is -2.34. The number of amides is 2. The van der Waals surface area contributed by atoms with Crippen LogP contribution in [-0.4, -0.2) is 24.5 Å². The van der Waals surface area contributed by atoms with Crippen molar-refractivity contribution in [1.29, 1.82) is 0 Å². The van der Waals surface area contributed by atoms with E-state index in [9.17, 15) is 9.59 Å². The number of hydrogen-bond acceptors (Lipinski definition) is 4. The largest absolute Gasteiger partial charge is 0.494 e. The van der Waals surface area contributed by atoms with E-state index in [1.54, 1.807) is 25.1 Å². The van der Waals surface area contributed by atoms with E-state index in [0.717, 1.165) is 5.75 Å². The molecule has 0 bridgehead atoms. The van der Waals surface area contributed by atoms with Crippen molar-refractivity contribution in [3.8, 4) is 11.5 Å². The van der Waals surface area contributed by atoms with E-state index >= 15 is 0 Å². The predicted octanol–water partition coefficient (Wildman–Crippen LogP) is 3.51. The average molecular weight is 354 g/mol. The molecule has 0 fully saturated rings. The van der Waals surface area contributed by atoms with E-state index in [0.29, 0.717) is 36.6 Å². The summed E-state index contributed by atoms with van der Waals surface area (Å²) in [4.78, 5) is 23.7. The van der Waals surface area contributed by atoms with Crippen LogP contribution in [0.3, 0.4) is 0 Å². The first kappa shape index (κ1) is 17.8. The first-order valence-corrected chi connectivity index (χ1v) is 8.62. The number of aryl methyl sites for hydroxylation is 1. The number of fused-ring (bicyclic) bond motifs is 1. The minimum absolute atomic E-state index is 0.103. The highest BCUT2D eigenvalue weighted by molar-refractivity contribution is 5.99. The van der Waals surface area contributed by atoms with Gasteiger partial charge in [0.1, 0.15) is 11.5 Å². The first-order chi connectivity index (χ1) is 12.5. The van der Waals surface area contributed by atoms with Gasteiger partial charge < -0.3 is 20.1 Å². The molecule has 0 unspecified atom stereocenters. The maximum Gasteiger partial charge on any atom is 0.265 e. The summed E-state index contributed by atoms with van der Waals surface area (Å²) in [5.74, 6) is 1.10. The summed E-state index contributed by atoms with van der Waals surface area (Å²) in [5.41, 5.74) is 2.36. The molecular formula is C20H22N2O4. The van der Waals surface area contributed by atoms with Crippen molar-refractivity contribution < 1.29 is 19.1 Å². The van der Waals surface area contributed by atoms with Crippen LogP contribution in [0.1, 0.15) is 25.3 Å². The average Bonchev–Trinajstić information content (AvgIpc) is 2.61. The molecule has 6 heteroatoms. The van der Waals surface area contributed by atoms with Crippen LogP contribution in [0, 0.1) is 6.92 Å². The summed E-state index contributed by atoms with van der Waals surface area (Å²) in [6.45, 7) is 4.18. The second-order valence-electron chi connectivity index (χ2n) is 6.27. The van der Waals surface area contributed by atoms with Crippen LogP contribution < -0.4 is 20.1 Å². The SMILES string of the molecule is Cc1ccc(OCCCC(=O)Nc2ccc3c(c2)NC(=O)[C@@H](C)O3)cc1. The van der Waals surface area contributed by atoms with Crippen molar-refractivity contribution >= 4 is 23.2 Å². The molecular weight excluding hydrogens is 332 g/mol. The van der Waals surface area contributed by atoms with Gasteiger partial charge in [0, 0.05) is 12.1 Å². The topological polar surface area (TPSA) is 76.7 Å². The van der Waals surface area contributed by atoms with Crippen molar-refractivity contribution in [2.24, 2.45) is 0 Å². The Balaban J connectivity index is 1.45. The van der Waals surface area contributed by atoms with Gasteiger partial charge in [-0.25, -0.2) is 0 Å². The molecule has 1 atom stereocenters. The Labute approximate surface area is 152 Å². The van der Waals surface area contributed by atoms with E-state index in [4.69, 9.17) is 9.47 Å². The number of nitrogens with one attached hydrogen (secondary N) is 2. The van der Waals surface area contributed by atoms with Crippen LogP contribution in [0.2, 0.25) is 0 Å². The van der Waals surface area contributed by atoms with Gasteiger partial charge in [0.05, 0.1) is 12.3 Å². The van der Waals surface area contributed by atoms with Crippen LogP contribution in [0.5, 0.6) is 11.5 Å². The van der Waals surface area contributed by atoms with Crippen LogP contribution in [0.15, 0.2) is 42.5 Å². The van der Waals surface area contributed by atoms with Crippen LogP contribution in [0.4, 0.5) is 11.4 Å². The molecule has 0 aromatic heterocycles. The highest BCUT2D eigenvalue weighted by Crippen LogP contribution is 2.32. The second kappa shape index (κ2) is 7.91. The Morgan fingerprint density at radius 2 is 2.00 bits per heavy atom. The predicted molar refractivity (Wildman–Crippen MR) is 99.7 cm³/mol. The van der Waals surface area contributed by atoms with E-state index < -0.39 is 6.10 Å². The number of carbonyl (C=O) groups excluding carboxylic acids is 2. The zero-order valence-electron chi connectivity index (χ0n) is 14.9. The summed E-state index contributed by atoms with van der Waals surface area (Å²) in [7, 11) is 0. The lowest BCUT2D eigenvalue weighted by molar-refractivity contribution is -0.122. The Hall–Kier alpha value is -3.02. The fourth-order valence-electron chi connectivity index (χ4n) is 2.57. The summed E-state index contributed by atoms with van der Waals surface area (Å²) in [6.07, 6.45) is 0.446. The van der Waals surface area contributed by atoms with Gasteiger partial charge in [0.25, 0.3) is 5.91 Å². The Morgan fingerprint density at radius 1 is 1.23 bits per heavy atom. The molecule has 26 heavy (non-hydrogen) atoms. The lowest BCUT2D eigenvalue weighted by atomic mass is 10.2. The molecule has 2 N–H and O–H groups in total. The lowest BCUT2D eigenvalue weighted by Gasteiger charge is -2.23. The summed E-state index contributed by atoms with van der Waals surface area (Å²) in [5, 5.41) is 5.59. The number of benzene rings is 2. The zero-order valence-corrected chi connectivity index (χ0v) is 14.9. The van der Waals surface area contributed by atoms with Crippen molar-refractivity contribution in [3.63, 3.8) is 0 Å². The summed E-state index contributed by atoms with van der Waals surface area (Å²) in [6, 6.07) is 13.0. The molecule has 1 aliphatic heterocycles. The third kappa shape index (κ3) is 4.53. The molecule has 1 heterocycles. The minimum atomic E-state index is -0.517. The van der Waals surface area contributed by atoms with Crippen molar-refractivity contribution in [2.75, 3.05) is 17.2 Å². The molecule has 136 valence electrons. The van der Waals surface area contributed by atoms with Gasteiger partial charge in [0.2, 0.25) is 5.91 Å². The standard InChI is InChI=1S/C20H22N2O4/c1-13-5-8-16(9-6-13)25-11-3-4-19(23)21-15-7-10-18-17(12-15)22-20(24)14(2)26-18/h5-10,12,14H,3-4,11H2,1-2H3,(H,21,23)(H,22,24)/t14-/m1/s1. The molecule has 6 nitrogen and oxygen atoms in total. The zero-order chi connectivity index (χ0) is 18.5. The van der Waals surface area contributed by atoms with Crippen LogP contribution in [-0.2, 0) is 9.59 Å². The number of carbonyl (C=O) groups is 2. The molecule has 0 spiro atoms. The van der Waals surface area contributed by atoms with Gasteiger partial charge in [-0.05, 0) is 50.6 Å². The molecule has 0 radical (unpaired) electrons. The van der Waals surface area contributed by atoms with Gasteiger partial charge in [0.15, 0.2) is 6.10 Å². The van der Waals surface area contributed by atoms with Crippen molar-refractivity contribution in [1.82, 2.24) is 0 Å². The maximum absolute atomic E-state index is 12.1. The minimum Gasteiger partial charge on any atom is -0.494 e. The Bertz CT molecular complexity index is 802. The second-order valence-corrected chi connectivity index (χ2v) is 6.27. The Kier molecular flexibility index (Phi) is 5.41. The fraction of sp³-hybridized carbons (Fsp3) is 0.300. The molecule has 0 aliphatic carbocycles. The summed E-state index contributed by atoms with van der Waals surface area (Å²) >= 11 is 0. The molecule has 0 saturated carbocycles. The third-order valence-electron chi connectivity index (χ3n) is 4.03. The molecule has 0 saturated heterocycles. The van der Waals surface area contributed by atoms with E-state index in [-0.39, 0.29) is 11.8 Å². The maximum atomic E-state index is 12.1. The van der Waals surface area contributed by atoms with Crippen LogP contribution >= 0.6 is 0 Å². The van der Waals surface area contributed by atoms with Crippen molar-refractivity contribution in [3.05, 3.63) is 48.0 Å². The quantitative estimate of drug-likeness (QED) is 0.778. The van der Waals surface area contributed by atoms with Gasteiger partial charge >= 0.3 is 0 Å². The number of ether oxygens (including phenoxy) is 2. The van der Waals surface area contributed by atoms with E-state index in [1.165, 1.54) is 5.56 Å². The molecule has 3 rings (SSSR count). The molecule has 2 aromatic rings. The highest BCUT2D eigenvalue weighted by Gasteiger charge is 2.23. The van der Waals surface area contributed by atoms with Crippen LogP contribution in [0.25, 0.3) is 0 Å². The first-order valence-electron chi connectivity index (χ1n) is 8.62. The molecule has 1 aliphatic rings. The fourth-order valence-corrected chi connectivity index (χ4v) is 2.57. The monoisotopic (exact) mass is 354 g/mol. The van der Waals surface area contributed by atoms with Gasteiger partial charge in [-0.2, -0.15) is 0 Å². The van der Waals surface area contributed by atoms with Gasteiger partial charge in [-0.3, -0.25) is 9.59 Å². The van der Waals surface area contributed by atoms with E-state index in [1.807, 2.05) is 31.2 Å². The highest BCUT2D eigenvalue weighted by atomic mass is 16.5. The van der Waals surface area contributed by atoms with E-state index in [2.05, 4.69) is 10.6 Å². The van der Waals surface area contributed by atoms with Gasteiger partial charge in [-0.15, -0.1) is 0 Å². The van der Waals surface area contributed by atoms with Gasteiger partial charge in [-0.1, -0.05) is 17.7 Å². The number of hydrogen-bond donors (Lipinski definition) is 2. The third-order valence-corrected chi connectivity index (χ3v) is 4.03. The number of anilines is 2. The molecule has 2 amide bonds. The summed E-state index contributed by atoms with van der Waals surface area (Å²) < 4.78 is 11.1. The molecule has 2 aromatic carbocycles. The Morgan fingerprint density at radius 3 is 2.77 bits per heavy atom. The number of rotatable bonds is 6. The smallest absolute Gasteiger partial charge is 0.265 e. The van der Waals surface area contributed by atoms with Crippen molar-refractivity contribution in [2.45, 2.75) is 32.8 Å².